The van der Waals surface area contributed by atoms with Gasteiger partial charge in [-0.1, -0.05) is 0 Å². The number of anilines is 1. The Balaban J connectivity index is 2.75. The van der Waals surface area contributed by atoms with Crippen molar-refractivity contribution in [1.29, 1.82) is 5.26 Å². The van der Waals surface area contributed by atoms with Crippen LogP contribution in [0.5, 0.6) is 0 Å². The van der Waals surface area contributed by atoms with Crippen molar-refractivity contribution < 1.29 is 9.53 Å². The van der Waals surface area contributed by atoms with Gasteiger partial charge in [-0.05, 0) is 46.9 Å². The van der Waals surface area contributed by atoms with Crippen molar-refractivity contribution in [2.75, 3.05) is 12.4 Å². The first-order valence-corrected chi connectivity index (χ1v) is 5.46. The number of esters is 1. The van der Waals surface area contributed by atoms with E-state index in [2.05, 4.69) is 32.6 Å². The Kier molecular flexibility index (Phi) is 4.79. The molecule has 1 N–H and O–H groups in total. The van der Waals surface area contributed by atoms with Gasteiger partial charge in [0.2, 0.25) is 0 Å². The van der Waals surface area contributed by atoms with Crippen LogP contribution in [0.25, 0.3) is 0 Å². The molecule has 0 amide bonds. The fourth-order valence-electron chi connectivity index (χ4n) is 0.948. The largest absolute Gasteiger partial charge is 0.465 e. The van der Waals surface area contributed by atoms with E-state index in [0.29, 0.717) is 0 Å². The lowest BCUT2D eigenvalue weighted by Gasteiger charge is -2.01. The molecule has 4 nitrogen and oxygen atoms in total. The Bertz CT molecular complexity index is 446. The number of hydrogen-bond acceptors (Lipinski definition) is 4. The van der Waals surface area contributed by atoms with E-state index in [4.69, 9.17) is 5.26 Å². The highest BCUT2D eigenvalue weighted by Gasteiger charge is 2.07. The van der Waals surface area contributed by atoms with Gasteiger partial charge >= 0.3 is 5.97 Å². The molecule has 0 spiro atoms. The van der Waals surface area contributed by atoms with Gasteiger partial charge in [0.15, 0.2) is 5.57 Å². The molecule has 0 heterocycles. The molecule has 0 aliphatic carbocycles. The lowest BCUT2D eigenvalue weighted by Crippen LogP contribution is -2.05. The standard InChI is InChI=1S/C11H9IN2O2/c1-16-11(15)8(6-13)7-14-10-4-2-9(12)3-5-10/h2-5,7,14H,1H3/b8-7-. The van der Waals surface area contributed by atoms with E-state index in [1.165, 1.54) is 13.3 Å². The fourth-order valence-corrected chi connectivity index (χ4v) is 1.31. The molecule has 0 radical (unpaired) electrons. The molecule has 0 aliphatic rings. The third kappa shape index (κ3) is 3.55. The maximum Gasteiger partial charge on any atom is 0.350 e. The summed E-state index contributed by atoms with van der Waals surface area (Å²) in [7, 11) is 1.23. The monoisotopic (exact) mass is 328 g/mol. The number of rotatable bonds is 3. The smallest absolute Gasteiger partial charge is 0.350 e. The van der Waals surface area contributed by atoms with Crippen molar-refractivity contribution in [3.63, 3.8) is 0 Å². The van der Waals surface area contributed by atoms with Gasteiger partial charge in [-0.3, -0.25) is 0 Å². The van der Waals surface area contributed by atoms with E-state index in [-0.39, 0.29) is 5.57 Å². The third-order valence-corrected chi connectivity index (χ3v) is 2.47. The van der Waals surface area contributed by atoms with E-state index >= 15 is 0 Å². The lowest BCUT2D eigenvalue weighted by atomic mass is 10.3. The van der Waals surface area contributed by atoms with E-state index in [0.717, 1.165) is 9.26 Å². The minimum Gasteiger partial charge on any atom is -0.465 e. The zero-order valence-electron chi connectivity index (χ0n) is 8.53. The number of nitriles is 1. The van der Waals surface area contributed by atoms with Crippen molar-refractivity contribution in [2.24, 2.45) is 0 Å². The molecular formula is C11H9IN2O2. The van der Waals surface area contributed by atoms with Crippen LogP contribution in [-0.2, 0) is 9.53 Å². The first-order valence-electron chi connectivity index (χ1n) is 4.38. The van der Waals surface area contributed by atoms with Crippen LogP contribution in [0.3, 0.4) is 0 Å². The van der Waals surface area contributed by atoms with Crippen LogP contribution < -0.4 is 5.32 Å². The molecule has 5 heteroatoms. The van der Waals surface area contributed by atoms with Gasteiger partial charge in [0.05, 0.1) is 7.11 Å². The summed E-state index contributed by atoms with van der Waals surface area (Å²) >= 11 is 2.19. The SMILES string of the molecule is COC(=O)/C(C#N)=C\Nc1ccc(I)cc1. The molecule has 0 atom stereocenters. The van der Waals surface area contributed by atoms with Crippen molar-refractivity contribution in [1.82, 2.24) is 0 Å². The summed E-state index contributed by atoms with van der Waals surface area (Å²) in [5, 5.41) is 11.5. The van der Waals surface area contributed by atoms with Gasteiger partial charge in [-0.15, -0.1) is 0 Å². The number of carbonyl (C=O) groups is 1. The number of nitrogens with zero attached hydrogens (tertiary/aromatic N) is 1. The number of halogens is 1. The molecule has 1 aromatic rings. The summed E-state index contributed by atoms with van der Waals surface area (Å²) in [5.41, 5.74) is 0.734. The average Bonchev–Trinajstić information content (AvgIpc) is 2.31. The topological polar surface area (TPSA) is 62.1 Å². The highest BCUT2D eigenvalue weighted by Crippen LogP contribution is 2.11. The summed E-state index contributed by atoms with van der Waals surface area (Å²) < 4.78 is 5.55. The molecule has 0 fully saturated rings. The van der Waals surface area contributed by atoms with Crippen molar-refractivity contribution >= 4 is 34.2 Å². The van der Waals surface area contributed by atoms with E-state index < -0.39 is 5.97 Å². The van der Waals surface area contributed by atoms with Crippen LogP contribution in [-0.4, -0.2) is 13.1 Å². The molecule has 16 heavy (non-hydrogen) atoms. The minimum atomic E-state index is -0.652. The van der Waals surface area contributed by atoms with Gasteiger partial charge < -0.3 is 10.1 Å². The predicted molar refractivity (Wildman–Crippen MR) is 68.5 cm³/mol. The molecule has 0 saturated carbocycles. The maximum absolute atomic E-state index is 11.1. The quantitative estimate of drug-likeness (QED) is 0.400. The Morgan fingerprint density at radius 3 is 2.62 bits per heavy atom. The van der Waals surface area contributed by atoms with Crippen molar-refractivity contribution in [2.45, 2.75) is 0 Å². The summed E-state index contributed by atoms with van der Waals surface area (Å²) in [6.45, 7) is 0. The lowest BCUT2D eigenvalue weighted by molar-refractivity contribution is -0.135. The number of ether oxygens (including phenoxy) is 1. The van der Waals surface area contributed by atoms with Gasteiger partial charge in [0.1, 0.15) is 6.07 Å². The van der Waals surface area contributed by atoms with Crippen LogP contribution >= 0.6 is 22.6 Å². The summed E-state index contributed by atoms with van der Waals surface area (Å²) in [6, 6.07) is 9.30. The second kappa shape index (κ2) is 6.12. The number of methoxy groups -OCH3 is 1. The van der Waals surface area contributed by atoms with Crippen LogP contribution in [0.1, 0.15) is 0 Å². The van der Waals surface area contributed by atoms with E-state index in [9.17, 15) is 4.79 Å². The Morgan fingerprint density at radius 1 is 1.50 bits per heavy atom. The van der Waals surface area contributed by atoms with Crippen LogP contribution in [0, 0.1) is 14.9 Å². The normalized spacial score (nSPS) is 10.4. The molecule has 1 rings (SSSR count). The molecule has 1 aromatic carbocycles. The van der Waals surface area contributed by atoms with Gasteiger partial charge in [-0.25, -0.2) is 4.79 Å². The second-order valence-electron chi connectivity index (χ2n) is 2.81. The average molecular weight is 328 g/mol. The first-order chi connectivity index (χ1) is 7.67. The van der Waals surface area contributed by atoms with E-state index in [1.54, 1.807) is 6.07 Å². The maximum atomic E-state index is 11.1. The van der Waals surface area contributed by atoms with E-state index in [1.807, 2.05) is 24.3 Å². The van der Waals surface area contributed by atoms with Crippen molar-refractivity contribution in [3.8, 4) is 6.07 Å². The zero-order chi connectivity index (χ0) is 12.0. The van der Waals surface area contributed by atoms with Crippen molar-refractivity contribution in [3.05, 3.63) is 39.6 Å². The van der Waals surface area contributed by atoms with Crippen LogP contribution in [0.2, 0.25) is 0 Å². The number of benzene rings is 1. The Labute approximate surface area is 107 Å². The third-order valence-electron chi connectivity index (χ3n) is 1.75. The summed E-state index contributed by atoms with van der Waals surface area (Å²) in [4.78, 5) is 11.1. The summed E-state index contributed by atoms with van der Waals surface area (Å²) in [5.74, 6) is -0.652. The molecule has 0 aromatic heterocycles. The minimum absolute atomic E-state index is 0.0685. The molecule has 0 unspecified atom stereocenters. The zero-order valence-corrected chi connectivity index (χ0v) is 10.7. The van der Waals surface area contributed by atoms with Gasteiger partial charge in [0.25, 0.3) is 0 Å². The number of hydrogen-bond donors (Lipinski definition) is 1. The van der Waals surface area contributed by atoms with Crippen LogP contribution in [0.4, 0.5) is 5.69 Å². The molecule has 0 saturated heterocycles. The number of nitrogens with one attached hydrogen (secondary N) is 1. The van der Waals surface area contributed by atoms with Crippen LogP contribution in [0.15, 0.2) is 36.0 Å². The first kappa shape index (κ1) is 12.5. The second-order valence-corrected chi connectivity index (χ2v) is 4.06. The van der Waals surface area contributed by atoms with Gasteiger partial charge in [-0.2, -0.15) is 5.26 Å². The highest BCUT2D eigenvalue weighted by atomic mass is 127. The number of carbonyl (C=O) groups excluding carboxylic acids is 1. The fraction of sp³-hybridized carbons (Fsp3) is 0.0909. The highest BCUT2D eigenvalue weighted by molar-refractivity contribution is 14.1. The summed E-state index contributed by atoms with van der Waals surface area (Å²) in [6.07, 6.45) is 1.33. The van der Waals surface area contributed by atoms with Gasteiger partial charge in [0, 0.05) is 15.5 Å². The molecule has 0 aliphatic heterocycles. The molecular weight excluding hydrogens is 319 g/mol. The Morgan fingerprint density at radius 2 is 2.12 bits per heavy atom. The molecule has 0 bridgehead atoms. The Hall–Kier alpha value is -1.55. The predicted octanol–water partition coefficient (Wildman–Crippen LogP) is 2.28. The molecule has 82 valence electrons.